The van der Waals surface area contributed by atoms with Gasteiger partial charge in [0.1, 0.15) is 0 Å². The fourth-order valence-corrected chi connectivity index (χ4v) is 1.89. The first kappa shape index (κ1) is 6.41. The second-order valence-corrected chi connectivity index (χ2v) is 3.69. The van der Waals surface area contributed by atoms with Crippen LogP contribution in [0.2, 0.25) is 0 Å². The molecule has 0 aromatic heterocycles. The van der Waals surface area contributed by atoms with E-state index in [4.69, 9.17) is 4.74 Å². The van der Waals surface area contributed by atoms with Crippen LogP contribution in [-0.2, 0) is 4.74 Å². The van der Waals surface area contributed by atoms with Gasteiger partial charge in [0.25, 0.3) is 0 Å². The summed E-state index contributed by atoms with van der Waals surface area (Å²) in [6.45, 7) is 6.02. The molecule has 1 heteroatoms. The van der Waals surface area contributed by atoms with E-state index in [2.05, 4.69) is 19.6 Å². The first-order chi connectivity index (χ1) is 4.74. The van der Waals surface area contributed by atoms with Crippen LogP contribution in [0.3, 0.4) is 0 Å². The summed E-state index contributed by atoms with van der Waals surface area (Å²) in [5.74, 6) is 0.723. The van der Waals surface area contributed by atoms with Crippen molar-refractivity contribution in [1.29, 1.82) is 0 Å². The van der Waals surface area contributed by atoms with Crippen molar-refractivity contribution in [3.05, 3.63) is 12.7 Å². The highest BCUT2D eigenvalue weighted by Crippen LogP contribution is 2.49. The normalized spacial score (nSPS) is 51.7. The summed E-state index contributed by atoms with van der Waals surface area (Å²) in [5.41, 5.74) is 0.277. The highest BCUT2D eigenvalue weighted by molar-refractivity contribution is 5.05. The highest BCUT2D eigenvalue weighted by Gasteiger charge is 2.54. The van der Waals surface area contributed by atoms with Crippen molar-refractivity contribution < 1.29 is 4.74 Å². The predicted molar refractivity (Wildman–Crippen MR) is 40.8 cm³/mol. The van der Waals surface area contributed by atoms with Gasteiger partial charge in [-0.3, -0.25) is 0 Å². The molecule has 0 N–H and O–H groups in total. The molecule has 1 heterocycles. The second-order valence-electron chi connectivity index (χ2n) is 3.69. The summed E-state index contributed by atoms with van der Waals surface area (Å²) in [6, 6.07) is 0. The van der Waals surface area contributed by atoms with E-state index < -0.39 is 0 Å². The van der Waals surface area contributed by atoms with Crippen LogP contribution >= 0.6 is 0 Å². The lowest BCUT2D eigenvalue weighted by atomic mass is 9.83. The molecule has 1 saturated heterocycles. The Morgan fingerprint density at radius 3 is 3.10 bits per heavy atom. The molecule has 1 saturated carbocycles. The molecule has 3 atom stereocenters. The van der Waals surface area contributed by atoms with Crippen LogP contribution < -0.4 is 0 Å². The van der Waals surface area contributed by atoms with Crippen molar-refractivity contribution in [2.24, 2.45) is 5.92 Å². The number of hydrogen-bond donors (Lipinski definition) is 0. The molecular formula is C9H14O. The van der Waals surface area contributed by atoms with E-state index in [-0.39, 0.29) is 5.60 Å². The second kappa shape index (κ2) is 1.85. The topological polar surface area (TPSA) is 12.5 Å². The molecule has 0 spiro atoms. The van der Waals surface area contributed by atoms with Gasteiger partial charge in [-0.15, -0.1) is 6.58 Å². The minimum atomic E-state index is 0.277. The maximum absolute atomic E-state index is 5.55. The van der Waals surface area contributed by atoms with E-state index in [1.807, 2.05) is 0 Å². The molecule has 10 heavy (non-hydrogen) atoms. The van der Waals surface area contributed by atoms with Gasteiger partial charge in [0.2, 0.25) is 0 Å². The van der Waals surface area contributed by atoms with Gasteiger partial charge < -0.3 is 4.74 Å². The SMILES string of the molecule is C=CC1CCC2(C)OC2C1. The van der Waals surface area contributed by atoms with Crippen LogP contribution in [0.15, 0.2) is 12.7 Å². The van der Waals surface area contributed by atoms with Crippen molar-refractivity contribution >= 4 is 0 Å². The third kappa shape index (κ3) is 0.807. The monoisotopic (exact) mass is 138 g/mol. The molecule has 2 fully saturated rings. The van der Waals surface area contributed by atoms with Gasteiger partial charge in [-0.05, 0) is 32.1 Å². The molecule has 0 aromatic rings. The number of epoxide rings is 1. The molecule has 56 valence electrons. The summed E-state index contributed by atoms with van der Waals surface area (Å²) in [6.07, 6.45) is 6.34. The smallest absolute Gasteiger partial charge is 0.0920 e. The fourth-order valence-electron chi connectivity index (χ4n) is 1.89. The zero-order chi connectivity index (χ0) is 7.19. The molecule has 2 rings (SSSR count). The van der Waals surface area contributed by atoms with Gasteiger partial charge in [-0.25, -0.2) is 0 Å². The van der Waals surface area contributed by atoms with Gasteiger partial charge in [0, 0.05) is 0 Å². The highest BCUT2D eigenvalue weighted by atomic mass is 16.6. The predicted octanol–water partition coefficient (Wildman–Crippen LogP) is 2.13. The molecule has 3 unspecified atom stereocenters. The van der Waals surface area contributed by atoms with E-state index in [0.29, 0.717) is 6.10 Å². The van der Waals surface area contributed by atoms with Crippen LogP contribution in [-0.4, -0.2) is 11.7 Å². The van der Waals surface area contributed by atoms with Gasteiger partial charge >= 0.3 is 0 Å². The third-order valence-corrected chi connectivity index (χ3v) is 2.90. The molecule has 1 nitrogen and oxygen atoms in total. The Balaban J connectivity index is 1.98. The van der Waals surface area contributed by atoms with Crippen molar-refractivity contribution in [3.8, 4) is 0 Å². The van der Waals surface area contributed by atoms with E-state index in [1.165, 1.54) is 19.3 Å². The largest absolute Gasteiger partial charge is 0.366 e. The molecular weight excluding hydrogens is 124 g/mol. The molecule has 0 bridgehead atoms. The number of allylic oxidation sites excluding steroid dienone is 1. The van der Waals surface area contributed by atoms with E-state index in [0.717, 1.165) is 5.92 Å². The molecule has 0 aromatic carbocycles. The summed E-state index contributed by atoms with van der Waals surface area (Å²) >= 11 is 0. The summed E-state index contributed by atoms with van der Waals surface area (Å²) < 4.78 is 5.55. The Kier molecular flexibility index (Phi) is 1.19. The lowest BCUT2D eigenvalue weighted by Gasteiger charge is -2.18. The van der Waals surface area contributed by atoms with Gasteiger partial charge in [0.05, 0.1) is 11.7 Å². The van der Waals surface area contributed by atoms with Crippen LogP contribution in [0.25, 0.3) is 0 Å². The third-order valence-electron chi connectivity index (χ3n) is 2.90. The number of ether oxygens (including phenoxy) is 1. The summed E-state index contributed by atoms with van der Waals surface area (Å²) in [7, 11) is 0. The van der Waals surface area contributed by atoms with Gasteiger partial charge in [-0.2, -0.15) is 0 Å². The van der Waals surface area contributed by atoms with Crippen LogP contribution in [0, 0.1) is 5.92 Å². The lowest BCUT2D eigenvalue weighted by molar-refractivity contribution is 0.303. The van der Waals surface area contributed by atoms with Crippen LogP contribution in [0.1, 0.15) is 26.2 Å². The van der Waals surface area contributed by atoms with Crippen LogP contribution in [0.4, 0.5) is 0 Å². The van der Waals surface area contributed by atoms with E-state index in [1.54, 1.807) is 0 Å². The fraction of sp³-hybridized carbons (Fsp3) is 0.778. The summed E-state index contributed by atoms with van der Waals surface area (Å²) in [4.78, 5) is 0. The lowest BCUT2D eigenvalue weighted by Crippen LogP contribution is -2.19. The van der Waals surface area contributed by atoms with Gasteiger partial charge in [-0.1, -0.05) is 6.08 Å². The molecule has 1 aliphatic carbocycles. The number of fused-ring (bicyclic) bond motifs is 1. The van der Waals surface area contributed by atoms with Crippen molar-refractivity contribution in [2.75, 3.05) is 0 Å². The average molecular weight is 138 g/mol. The Morgan fingerprint density at radius 2 is 2.50 bits per heavy atom. The van der Waals surface area contributed by atoms with E-state index in [9.17, 15) is 0 Å². The summed E-state index contributed by atoms with van der Waals surface area (Å²) in [5, 5.41) is 0. The van der Waals surface area contributed by atoms with Crippen LogP contribution in [0.5, 0.6) is 0 Å². The Morgan fingerprint density at radius 1 is 1.70 bits per heavy atom. The number of rotatable bonds is 1. The Hall–Kier alpha value is -0.300. The first-order valence-electron chi connectivity index (χ1n) is 4.05. The zero-order valence-corrected chi connectivity index (χ0v) is 6.47. The van der Waals surface area contributed by atoms with Crippen molar-refractivity contribution in [3.63, 3.8) is 0 Å². The van der Waals surface area contributed by atoms with E-state index >= 15 is 0 Å². The first-order valence-corrected chi connectivity index (χ1v) is 4.05. The maximum atomic E-state index is 5.55. The van der Waals surface area contributed by atoms with Crippen molar-refractivity contribution in [1.82, 2.24) is 0 Å². The molecule has 0 amide bonds. The minimum absolute atomic E-state index is 0.277. The molecule has 0 radical (unpaired) electrons. The average Bonchev–Trinajstić information content (AvgIpc) is 2.59. The quantitative estimate of drug-likeness (QED) is 0.399. The maximum Gasteiger partial charge on any atom is 0.0920 e. The zero-order valence-electron chi connectivity index (χ0n) is 6.47. The van der Waals surface area contributed by atoms with Gasteiger partial charge in [0.15, 0.2) is 0 Å². The Labute approximate surface area is 62.1 Å². The van der Waals surface area contributed by atoms with Crippen molar-refractivity contribution in [2.45, 2.75) is 37.9 Å². The number of hydrogen-bond acceptors (Lipinski definition) is 1. The molecule has 2 aliphatic rings. The standard InChI is InChI=1S/C9H14O/c1-3-7-4-5-9(2)8(6-7)10-9/h3,7-8H,1,4-6H2,2H3. The molecule has 1 aliphatic heterocycles. The Bertz CT molecular complexity index is 164. The minimum Gasteiger partial charge on any atom is -0.366 e.